The van der Waals surface area contributed by atoms with Crippen LogP contribution in [0, 0.1) is 0 Å². The van der Waals surface area contributed by atoms with Crippen molar-refractivity contribution < 1.29 is 4.21 Å². The van der Waals surface area contributed by atoms with Crippen molar-refractivity contribution in [1.29, 1.82) is 0 Å². The van der Waals surface area contributed by atoms with Gasteiger partial charge in [0.15, 0.2) is 0 Å². The summed E-state index contributed by atoms with van der Waals surface area (Å²) in [5.74, 6) is 0.685. The Bertz CT molecular complexity index is 465. The van der Waals surface area contributed by atoms with E-state index in [9.17, 15) is 4.21 Å². The van der Waals surface area contributed by atoms with E-state index in [0.29, 0.717) is 10.7 Å². The number of hydrogen-bond acceptors (Lipinski definition) is 3. The maximum atomic E-state index is 11.1. The molecule has 2 unspecified atom stereocenters. The van der Waals surface area contributed by atoms with E-state index in [0.717, 1.165) is 22.1 Å². The first-order valence-electron chi connectivity index (χ1n) is 5.56. The molecule has 0 heterocycles. The smallest absolute Gasteiger partial charge is 0.106 e. The van der Waals surface area contributed by atoms with Gasteiger partial charge in [-0.15, -0.1) is 0 Å². The summed E-state index contributed by atoms with van der Waals surface area (Å²) in [7, 11) is -0.762. The van der Waals surface area contributed by atoms with Gasteiger partial charge in [-0.25, -0.2) is 0 Å². The minimum atomic E-state index is -0.762. The largest absolute Gasteiger partial charge is 0.389 e. The third-order valence-electron chi connectivity index (χ3n) is 2.49. The first kappa shape index (κ1) is 15.6. The lowest BCUT2D eigenvalue weighted by atomic mass is 10.1. The van der Waals surface area contributed by atoms with E-state index in [1.165, 1.54) is 0 Å². The average molecular weight is 349 g/mol. The highest BCUT2D eigenvalue weighted by Gasteiger charge is 2.09. The third-order valence-corrected chi connectivity index (χ3v) is 4.01. The Labute approximate surface area is 124 Å². The van der Waals surface area contributed by atoms with Gasteiger partial charge < -0.3 is 11.1 Å². The van der Waals surface area contributed by atoms with Crippen molar-refractivity contribution in [3.8, 4) is 0 Å². The highest BCUT2D eigenvalue weighted by atomic mass is 79.9. The molecular formula is C12H17BrN2OS2. The number of benzene rings is 1. The monoisotopic (exact) mass is 348 g/mol. The standard InChI is InChI=1S/C12H17BrN2OS2/c1-8(5-6-18(2)16)15-11-7-9(13)3-4-10(11)12(14)17/h3-4,7-8,15H,5-6H2,1-2H3,(H2,14,17). The number of nitrogens with two attached hydrogens (primary N) is 1. The van der Waals surface area contributed by atoms with Gasteiger partial charge in [-0.3, -0.25) is 4.21 Å². The summed E-state index contributed by atoms with van der Waals surface area (Å²) >= 11 is 8.45. The molecular weight excluding hydrogens is 332 g/mol. The fourth-order valence-electron chi connectivity index (χ4n) is 1.53. The van der Waals surface area contributed by atoms with Gasteiger partial charge in [0.1, 0.15) is 4.99 Å². The van der Waals surface area contributed by atoms with Crippen LogP contribution in [-0.2, 0) is 10.8 Å². The second-order valence-corrected chi connectivity index (χ2v) is 7.08. The van der Waals surface area contributed by atoms with Gasteiger partial charge in [-0.05, 0) is 31.5 Å². The molecule has 1 aromatic rings. The van der Waals surface area contributed by atoms with Crippen LogP contribution in [0.4, 0.5) is 5.69 Å². The summed E-state index contributed by atoms with van der Waals surface area (Å²) < 4.78 is 12.0. The Morgan fingerprint density at radius 1 is 1.61 bits per heavy atom. The van der Waals surface area contributed by atoms with Crippen molar-refractivity contribution in [3.05, 3.63) is 28.2 Å². The van der Waals surface area contributed by atoms with E-state index < -0.39 is 10.8 Å². The van der Waals surface area contributed by atoms with Gasteiger partial charge in [0, 0.05) is 44.6 Å². The zero-order valence-electron chi connectivity index (χ0n) is 10.4. The highest BCUT2D eigenvalue weighted by Crippen LogP contribution is 2.22. The summed E-state index contributed by atoms with van der Waals surface area (Å²) in [4.78, 5) is 0.372. The Morgan fingerprint density at radius 2 is 2.28 bits per heavy atom. The molecule has 6 heteroatoms. The molecule has 0 spiro atoms. The van der Waals surface area contributed by atoms with Crippen molar-refractivity contribution in [3.63, 3.8) is 0 Å². The molecule has 0 radical (unpaired) electrons. The van der Waals surface area contributed by atoms with Crippen LogP contribution < -0.4 is 11.1 Å². The molecule has 0 aliphatic heterocycles. The van der Waals surface area contributed by atoms with E-state index in [1.807, 2.05) is 18.2 Å². The van der Waals surface area contributed by atoms with Crippen LogP contribution in [0.1, 0.15) is 18.9 Å². The predicted molar refractivity (Wildman–Crippen MR) is 86.7 cm³/mol. The predicted octanol–water partition coefficient (Wildman–Crippen LogP) is 2.65. The van der Waals surface area contributed by atoms with Gasteiger partial charge in [0.05, 0.1) is 0 Å². The summed E-state index contributed by atoms with van der Waals surface area (Å²) in [5, 5.41) is 3.36. The van der Waals surface area contributed by atoms with Gasteiger partial charge in [0.25, 0.3) is 0 Å². The van der Waals surface area contributed by atoms with Gasteiger partial charge in [0.2, 0.25) is 0 Å². The van der Waals surface area contributed by atoms with Crippen LogP contribution in [0.5, 0.6) is 0 Å². The molecule has 0 aliphatic rings. The molecule has 3 N–H and O–H groups in total. The Kier molecular flexibility index (Phi) is 6.25. The average Bonchev–Trinajstić information content (AvgIpc) is 2.26. The number of rotatable bonds is 6. The number of thiocarbonyl (C=S) groups is 1. The van der Waals surface area contributed by atoms with Crippen LogP contribution in [-0.4, -0.2) is 27.2 Å². The molecule has 0 amide bonds. The van der Waals surface area contributed by atoms with E-state index >= 15 is 0 Å². The van der Waals surface area contributed by atoms with Crippen LogP contribution in [0.3, 0.4) is 0 Å². The molecule has 0 aromatic heterocycles. The topological polar surface area (TPSA) is 55.1 Å². The molecule has 100 valence electrons. The molecule has 3 nitrogen and oxygen atoms in total. The van der Waals surface area contributed by atoms with Crippen molar-refractivity contribution >= 4 is 49.6 Å². The van der Waals surface area contributed by atoms with Gasteiger partial charge in [-0.1, -0.05) is 28.1 Å². The Hall–Kier alpha value is -0.460. The molecule has 0 saturated carbocycles. The second-order valence-electron chi connectivity index (χ2n) is 4.17. The fraction of sp³-hybridized carbons (Fsp3) is 0.417. The lowest BCUT2D eigenvalue weighted by Crippen LogP contribution is -2.21. The molecule has 18 heavy (non-hydrogen) atoms. The Morgan fingerprint density at radius 3 is 2.83 bits per heavy atom. The number of nitrogens with one attached hydrogen (secondary N) is 1. The quantitative estimate of drug-likeness (QED) is 0.776. The zero-order chi connectivity index (χ0) is 13.7. The molecule has 1 rings (SSSR count). The summed E-state index contributed by atoms with van der Waals surface area (Å²) in [6.07, 6.45) is 2.55. The Balaban J connectivity index is 2.79. The van der Waals surface area contributed by atoms with E-state index in [4.69, 9.17) is 18.0 Å². The summed E-state index contributed by atoms with van der Waals surface area (Å²) in [6, 6.07) is 5.97. The molecule has 0 aliphatic carbocycles. The van der Waals surface area contributed by atoms with Crippen LogP contribution in [0.2, 0.25) is 0 Å². The van der Waals surface area contributed by atoms with E-state index in [2.05, 4.69) is 28.2 Å². The summed E-state index contributed by atoms with van der Waals surface area (Å²) in [5.41, 5.74) is 7.43. The third kappa shape index (κ3) is 5.04. The van der Waals surface area contributed by atoms with Crippen LogP contribution in [0.15, 0.2) is 22.7 Å². The van der Waals surface area contributed by atoms with E-state index in [-0.39, 0.29) is 6.04 Å². The molecule has 0 bridgehead atoms. The molecule has 0 fully saturated rings. The van der Waals surface area contributed by atoms with Crippen molar-refractivity contribution in [1.82, 2.24) is 0 Å². The van der Waals surface area contributed by atoms with Gasteiger partial charge in [-0.2, -0.15) is 0 Å². The minimum absolute atomic E-state index is 0.219. The number of hydrogen-bond donors (Lipinski definition) is 2. The lowest BCUT2D eigenvalue weighted by Gasteiger charge is -2.17. The molecule has 2 atom stereocenters. The minimum Gasteiger partial charge on any atom is -0.389 e. The van der Waals surface area contributed by atoms with Crippen molar-refractivity contribution in [2.45, 2.75) is 19.4 Å². The molecule has 0 saturated heterocycles. The summed E-state index contributed by atoms with van der Waals surface area (Å²) in [6.45, 7) is 2.05. The number of anilines is 1. The normalized spacial score (nSPS) is 13.9. The first-order chi connectivity index (χ1) is 8.40. The van der Waals surface area contributed by atoms with Gasteiger partial charge >= 0.3 is 0 Å². The van der Waals surface area contributed by atoms with E-state index in [1.54, 1.807) is 6.26 Å². The first-order valence-corrected chi connectivity index (χ1v) is 8.49. The van der Waals surface area contributed by atoms with Crippen LogP contribution in [0.25, 0.3) is 0 Å². The van der Waals surface area contributed by atoms with Crippen molar-refractivity contribution in [2.24, 2.45) is 5.73 Å². The second kappa shape index (κ2) is 7.21. The highest BCUT2D eigenvalue weighted by molar-refractivity contribution is 9.10. The molecule has 1 aromatic carbocycles. The van der Waals surface area contributed by atoms with Crippen LogP contribution >= 0.6 is 28.1 Å². The zero-order valence-corrected chi connectivity index (χ0v) is 13.6. The maximum Gasteiger partial charge on any atom is 0.106 e. The fourth-order valence-corrected chi connectivity index (χ4v) is 2.76. The lowest BCUT2D eigenvalue weighted by molar-refractivity contribution is 0.678. The maximum absolute atomic E-state index is 11.1. The SMILES string of the molecule is CC(CCS(C)=O)Nc1cc(Br)ccc1C(N)=S. The van der Waals surface area contributed by atoms with Crippen molar-refractivity contribution in [2.75, 3.05) is 17.3 Å². The number of halogens is 1.